The fourth-order valence-electron chi connectivity index (χ4n) is 2.18. The van der Waals surface area contributed by atoms with Gasteiger partial charge in [-0.1, -0.05) is 0 Å². The minimum atomic E-state index is -2.17. The predicted octanol–water partition coefficient (Wildman–Crippen LogP) is -6.44. The highest BCUT2D eigenvalue weighted by atomic mass is 16.7. The monoisotopic (exact) mass is 360 g/mol. The van der Waals surface area contributed by atoms with E-state index in [4.69, 9.17) is 40.9 Å². The second-order valence-corrected chi connectivity index (χ2v) is 5.59. The summed E-state index contributed by atoms with van der Waals surface area (Å²) in [5.74, 6) is -4.33. The molecule has 2 rings (SSSR count). The van der Waals surface area contributed by atoms with E-state index in [2.05, 4.69) is 9.47 Å². The third-order valence-corrected chi connectivity index (χ3v) is 3.84. The number of ether oxygens (including phenoxy) is 2. The van der Waals surface area contributed by atoms with Crippen molar-refractivity contribution in [2.24, 2.45) is 0 Å². The first-order valence-electron chi connectivity index (χ1n) is 7.05. The van der Waals surface area contributed by atoms with Crippen molar-refractivity contribution in [1.29, 1.82) is 0 Å². The SMILES string of the molecule is OC[C@H]1OC(O)(CO)[C@@H](O)[C@@H]1O.OC[C@]1(O)OC[C@@H](O)[C@@H](O)[C@@H]1O. The summed E-state index contributed by atoms with van der Waals surface area (Å²) in [6.07, 6.45) is -8.49. The van der Waals surface area contributed by atoms with E-state index < -0.39 is 68.0 Å². The van der Waals surface area contributed by atoms with Gasteiger partial charge < -0.3 is 60.5 Å². The topological polar surface area (TPSA) is 221 Å². The van der Waals surface area contributed by atoms with Crippen molar-refractivity contribution in [2.75, 3.05) is 26.4 Å². The van der Waals surface area contributed by atoms with Crippen LogP contribution in [0.2, 0.25) is 0 Å². The summed E-state index contributed by atoms with van der Waals surface area (Å²) in [6.45, 7) is -2.52. The molecular weight excluding hydrogens is 336 g/mol. The second kappa shape index (κ2) is 8.27. The van der Waals surface area contributed by atoms with Gasteiger partial charge in [-0.3, -0.25) is 0 Å². The zero-order valence-corrected chi connectivity index (χ0v) is 12.6. The maximum absolute atomic E-state index is 9.25. The van der Waals surface area contributed by atoms with Crippen LogP contribution in [0, 0.1) is 0 Å². The number of aliphatic hydroxyl groups excluding tert-OH is 8. The molecule has 0 saturated carbocycles. The third kappa shape index (κ3) is 4.19. The summed E-state index contributed by atoms with van der Waals surface area (Å²) in [5, 5.41) is 89.7. The Hall–Kier alpha value is -0.480. The van der Waals surface area contributed by atoms with Crippen LogP contribution in [0.15, 0.2) is 0 Å². The molecule has 0 aromatic carbocycles. The average Bonchev–Trinajstić information content (AvgIpc) is 2.81. The summed E-state index contributed by atoms with van der Waals surface area (Å²) in [6, 6.07) is 0. The molecule has 0 aromatic rings. The average molecular weight is 360 g/mol. The minimum absolute atomic E-state index is 0.324. The molecule has 0 aliphatic carbocycles. The fourth-order valence-corrected chi connectivity index (χ4v) is 2.18. The van der Waals surface area contributed by atoms with Gasteiger partial charge in [-0.25, -0.2) is 0 Å². The van der Waals surface area contributed by atoms with Crippen LogP contribution in [0.3, 0.4) is 0 Å². The van der Waals surface area contributed by atoms with Gasteiger partial charge in [0.25, 0.3) is 0 Å². The first-order chi connectivity index (χ1) is 11.1. The van der Waals surface area contributed by atoms with Crippen LogP contribution < -0.4 is 0 Å². The van der Waals surface area contributed by atoms with Gasteiger partial charge >= 0.3 is 0 Å². The lowest BCUT2D eigenvalue weighted by molar-refractivity contribution is -0.331. The standard InChI is InChI=1S/2C6H12O6/c7-2-6(11)5(10)4(9)3(8)1-12-6;7-1-3-4(9)5(10)6(11,2-8)12-3/h2*3-5,7-11H,1-2H2/t3-,4-,5+,6+;3-,4-,5+,6?/m11/s1. The van der Waals surface area contributed by atoms with Gasteiger partial charge in [0.15, 0.2) is 0 Å². The first-order valence-corrected chi connectivity index (χ1v) is 7.05. The van der Waals surface area contributed by atoms with Gasteiger partial charge in [0.2, 0.25) is 11.6 Å². The predicted molar refractivity (Wildman–Crippen MR) is 72.0 cm³/mol. The molecule has 0 radical (unpaired) electrons. The molecule has 144 valence electrons. The first kappa shape index (κ1) is 21.6. The Morgan fingerprint density at radius 3 is 1.67 bits per heavy atom. The van der Waals surface area contributed by atoms with Crippen LogP contribution in [0.5, 0.6) is 0 Å². The largest absolute Gasteiger partial charge is 0.394 e. The van der Waals surface area contributed by atoms with Crippen LogP contribution in [-0.4, -0.2) is 126 Å². The molecule has 0 bridgehead atoms. The molecule has 2 aliphatic rings. The lowest BCUT2D eigenvalue weighted by Gasteiger charge is -2.40. The van der Waals surface area contributed by atoms with Gasteiger partial charge in [-0.05, 0) is 0 Å². The molecule has 2 aliphatic heterocycles. The van der Waals surface area contributed by atoms with Crippen LogP contribution in [0.4, 0.5) is 0 Å². The highest BCUT2D eigenvalue weighted by Crippen LogP contribution is 2.28. The zero-order chi connectivity index (χ0) is 18.7. The van der Waals surface area contributed by atoms with E-state index in [0.29, 0.717) is 0 Å². The summed E-state index contributed by atoms with van der Waals surface area (Å²) >= 11 is 0. The summed E-state index contributed by atoms with van der Waals surface area (Å²) in [5.41, 5.74) is 0. The molecule has 0 spiro atoms. The number of hydrogen-bond acceptors (Lipinski definition) is 12. The molecule has 1 unspecified atom stereocenters. The Labute approximate surface area is 136 Å². The number of aliphatic hydroxyl groups is 10. The Morgan fingerprint density at radius 1 is 0.792 bits per heavy atom. The molecule has 12 heteroatoms. The minimum Gasteiger partial charge on any atom is -0.394 e. The highest BCUT2D eigenvalue weighted by Gasteiger charge is 2.52. The normalized spacial score (nSPS) is 48.8. The Balaban J connectivity index is 0.000000240. The van der Waals surface area contributed by atoms with E-state index in [-0.39, 0.29) is 6.61 Å². The van der Waals surface area contributed by atoms with Crippen LogP contribution in [0.1, 0.15) is 0 Å². The summed E-state index contributed by atoms with van der Waals surface area (Å²) in [4.78, 5) is 0. The van der Waals surface area contributed by atoms with Gasteiger partial charge in [0.05, 0.1) is 26.4 Å². The van der Waals surface area contributed by atoms with E-state index >= 15 is 0 Å². The van der Waals surface area contributed by atoms with E-state index in [1.165, 1.54) is 0 Å². The van der Waals surface area contributed by atoms with Gasteiger partial charge in [-0.15, -0.1) is 0 Å². The van der Waals surface area contributed by atoms with Crippen molar-refractivity contribution >= 4 is 0 Å². The van der Waals surface area contributed by atoms with Crippen molar-refractivity contribution < 1.29 is 60.5 Å². The molecule has 0 amide bonds. The number of hydrogen-bond donors (Lipinski definition) is 10. The molecule has 0 aromatic heterocycles. The van der Waals surface area contributed by atoms with E-state index in [0.717, 1.165) is 0 Å². The van der Waals surface area contributed by atoms with Crippen molar-refractivity contribution in [2.45, 2.75) is 48.2 Å². The smallest absolute Gasteiger partial charge is 0.219 e. The molecule has 12 nitrogen and oxygen atoms in total. The third-order valence-electron chi connectivity index (χ3n) is 3.84. The van der Waals surface area contributed by atoms with Crippen LogP contribution in [-0.2, 0) is 9.47 Å². The Bertz CT molecular complexity index is 392. The van der Waals surface area contributed by atoms with Crippen LogP contribution >= 0.6 is 0 Å². The van der Waals surface area contributed by atoms with E-state index in [1.807, 2.05) is 0 Å². The van der Waals surface area contributed by atoms with Crippen molar-refractivity contribution in [3.05, 3.63) is 0 Å². The quantitative estimate of drug-likeness (QED) is 0.227. The van der Waals surface area contributed by atoms with Crippen molar-refractivity contribution in [1.82, 2.24) is 0 Å². The maximum Gasteiger partial charge on any atom is 0.219 e. The lowest BCUT2D eigenvalue weighted by atomic mass is 9.98. The Kier molecular flexibility index (Phi) is 7.43. The van der Waals surface area contributed by atoms with Crippen LogP contribution in [0.25, 0.3) is 0 Å². The summed E-state index contributed by atoms with van der Waals surface area (Å²) < 4.78 is 9.18. The molecule has 2 saturated heterocycles. The van der Waals surface area contributed by atoms with Crippen molar-refractivity contribution in [3.63, 3.8) is 0 Å². The Morgan fingerprint density at radius 2 is 1.29 bits per heavy atom. The number of rotatable bonds is 3. The lowest BCUT2D eigenvalue weighted by Crippen LogP contribution is -2.62. The molecular formula is C12H24O12. The molecule has 2 heterocycles. The molecule has 2 fully saturated rings. The highest BCUT2D eigenvalue weighted by molar-refractivity contribution is 4.94. The van der Waals surface area contributed by atoms with Crippen molar-refractivity contribution in [3.8, 4) is 0 Å². The molecule has 10 N–H and O–H groups in total. The van der Waals surface area contributed by atoms with E-state index in [1.54, 1.807) is 0 Å². The fraction of sp³-hybridized carbons (Fsp3) is 1.00. The van der Waals surface area contributed by atoms with Gasteiger partial charge in [-0.2, -0.15) is 0 Å². The zero-order valence-electron chi connectivity index (χ0n) is 12.6. The maximum atomic E-state index is 9.25. The molecule has 8 atom stereocenters. The molecule has 24 heavy (non-hydrogen) atoms. The van der Waals surface area contributed by atoms with Gasteiger partial charge in [0.1, 0.15) is 36.6 Å². The van der Waals surface area contributed by atoms with E-state index in [9.17, 15) is 10.2 Å². The van der Waals surface area contributed by atoms with Gasteiger partial charge in [0, 0.05) is 0 Å². The summed E-state index contributed by atoms with van der Waals surface area (Å²) in [7, 11) is 0. The second-order valence-electron chi connectivity index (χ2n) is 5.59.